The molecule has 1 aliphatic rings. The molecule has 5 nitrogen and oxygen atoms in total. The van der Waals surface area contributed by atoms with E-state index in [1.165, 1.54) is 0 Å². The number of hydrogen-bond acceptors (Lipinski definition) is 4. The molecule has 1 fully saturated rings. The topological polar surface area (TPSA) is 37.0 Å². The number of rotatable bonds is 5. The first-order valence-corrected chi connectivity index (χ1v) is 9.63. The minimum Gasteiger partial charge on any atom is -0.493 e. The molecule has 1 saturated heterocycles. The summed E-state index contributed by atoms with van der Waals surface area (Å²) in [6, 6.07) is 13.7. The number of benzene rings is 2. The van der Waals surface area contributed by atoms with E-state index in [0.29, 0.717) is 16.6 Å². The van der Waals surface area contributed by atoms with Crippen LogP contribution in [-0.4, -0.2) is 48.9 Å². The van der Waals surface area contributed by atoms with Crippen molar-refractivity contribution in [3.8, 4) is 11.5 Å². The van der Waals surface area contributed by atoms with Gasteiger partial charge in [0.2, 0.25) is 0 Å². The van der Waals surface area contributed by atoms with Gasteiger partial charge in [-0.05, 0) is 42.4 Å². The van der Waals surface area contributed by atoms with Gasteiger partial charge in [-0.3, -0.25) is 4.90 Å². The fourth-order valence-electron chi connectivity index (χ4n) is 3.15. The van der Waals surface area contributed by atoms with E-state index in [-0.39, 0.29) is 0 Å². The lowest BCUT2D eigenvalue weighted by molar-refractivity contribution is 0.134. The van der Waals surface area contributed by atoms with Crippen LogP contribution in [-0.2, 0) is 6.54 Å². The van der Waals surface area contributed by atoms with Crippen LogP contribution in [0.15, 0.2) is 42.5 Å². The maximum absolute atomic E-state index is 6.30. The third-order valence-corrected chi connectivity index (χ3v) is 5.28. The molecule has 2 aromatic rings. The summed E-state index contributed by atoms with van der Waals surface area (Å²) in [4.78, 5) is 4.53. The molecule has 0 saturated carbocycles. The Labute approximate surface area is 170 Å². The van der Waals surface area contributed by atoms with Crippen LogP contribution in [0.2, 0.25) is 5.02 Å². The Morgan fingerprint density at radius 3 is 2.63 bits per heavy atom. The van der Waals surface area contributed by atoms with Crippen LogP contribution >= 0.6 is 23.8 Å². The Kier molecular flexibility index (Phi) is 6.77. The molecular formula is C20H24ClN3O2S. The Hall–Kier alpha value is -2.02. The molecule has 0 bridgehead atoms. The van der Waals surface area contributed by atoms with Gasteiger partial charge in [-0.1, -0.05) is 29.8 Å². The van der Waals surface area contributed by atoms with Crippen LogP contribution in [0, 0.1) is 0 Å². The molecule has 0 amide bonds. The van der Waals surface area contributed by atoms with E-state index in [2.05, 4.69) is 21.2 Å². The van der Waals surface area contributed by atoms with E-state index in [9.17, 15) is 0 Å². The van der Waals surface area contributed by atoms with Gasteiger partial charge in [0.15, 0.2) is 16.6 Å². The Balaban J connectivity index is 1.62. The standard InChI is InChI=1S/C20H24ClN3O2S/c1-25-18-9-8-16(12-19(18)26-2)22-20(27)24-11-5-10-23(14-24)13-15-6-3-4-7-17(15)21/h3-4,6-9,12H,5,10-11,13-14H2,1-2H3,(H,22,27). The molecule has 0 atom stereocenters. The summed E-state index contributed by atoms with van der Waals surface area (Å²) in [5.74, 6) is 1.36. The highest BCUT2D eigenvalue weighted by Gasteiger charge is 2.20. The molecular weight excluding hydrogens is 382 g/mol. The van der Waals surface area contributed by atoms with Gasteiger partial charge in [-0.15, -0.1) is 0 Å². The van der Waals surface area contributed by atoms with Gasteiger partial charge in [0, 0.05) is 36.4 Å². The van der Waals surface area contributed by atoms with Crippen molar-refractivity contribution >= 4 is 34.6 Å². The lowest BCUT2D eigenvalue weighted by Crippen LogP contribution is -2.48. The van der Waals surface area contributed by atoms with Gasteiger partial charge >= 0.3 is 0 Å². The zero-order valence-electron chi connectivity index (χ0n) is 15.6. The molecule has 0 spiro atoms. The first-order chi connectivity index (χ1) is 13.1. The van der Waals surface area contributed by atoms with Crippen molar-refractivity contribution in [1.29, 1.82) is 0 Å². The van der Waals surface area contributed by atoms with Crippen molar-refractivity contribution in [2.24, 2.45) is 0 Å². The number of thiocarbonyl (C=S) groups is 1. The van der Waals surface area contributed by atoms with Gasteiger partial charge < -0.3 is 19.7 Å². The monoisotopic (exact) mass is 405 g/mol. The molecule has 3 rings (SSSR count). The highest BCUT2D eigenvalue weighted by Crippen LogP contribution is 2.30. The molecule has 1 N–H and O–H groups in total. The average molecular weight is 406 g/mol. The summed E-state index contributed by atoms with van der Waals surface area (Å²) in [6.07, 6.45) is 1.05. The van der Waals surface area contributed by atoms with Crippen LogP contribution in [0.3, 0.4) is 0 Å². The lowest BCUT2D eigenvalue weighted by atomic mass is 10.2. The number of anilines is 1. The second kappa shape index (κ2) is 9.26. The van der Waals surface area contributed by atoms with Crippen molar-refractivity contribution in [1.82, 2.24) is 9.80 Å². The summed E-state index contributed by atoms with van der Waals surface area (Å²) < 4.78 is 10.6. The maximum atomic E-state index is 6.30. The van der Waals surface area contributed by atoms with Crippen LogP contribution < -0.4 is 14.8 Å². The molecule has 1 aliphatic heterocycles. The molecule has 0 aromatic heterocycles. The van der Waals surface area contributed by atoms with E-state index < -0.39 is 0 Å². The van der Waals surface area contributed by atoms with Crippen LogP contribution in [0.1, 0.15) is 12.0 Å². The molecule has 27 heavy (non-hydrogen) atoms. The third kappa shape index (κ3) is 5.03. The fourth-order valence-corrected chi connectivity index (χ4v) is 3.61. The van der Waals surface area contributed by atoms with Crippen molar-refractivity contribution in [2.45, 2.75) is 13.0 Å². The SMILES string of the molecule is COc1ccc(NC(=S)N2CCCN(Cc3ccccc3Cl)C2)cc1OC. The lowest BCUT2D eigenvalue weighted by Gasteiger charge is -2.37. The molecule has 0 radical (unpaired) electrons. The summed E-state index contributed by atoms with van der Waals surface area (Å²) in [7, 11) is 3.24. The van der Waals surface area contributed by atoms with Crippen molar-refractivity contribution in [2.75, 3.05) is 39.3 Å². The quantitative estimate of drug-likeness (QED) is 0.750. The summed E-state index contributed by atoms with van der Waals surface area (Å²) in [6.45, 7) is 3.54. The zero-order chi connectivity index (χ0) is 19.2. The number of hydrogen-bond donors (Lipinski definition) is 1. The van der Waals surface area contributed by atoms with E-state index in [1.54, 1.807) is 14.2 Å². The summed E-state index contributed by atoms with van der Waals surface area (Å²) in [5.41, 5.74) is 2.01. The highest BCUT2D eigenvalue weighted by atomic mass is 35.5. The smallest absolute Gasteiger partial charge is 0.174 e. The minimum atomic E-state index is 0.671. The second-order valence-corrected chi connectivity index (χ2v) is 7.20. The molecule has 2 aromatic carbocycles. The van der Waals surface area contributed by atoms with E-state index in [4.69, 9.17) is 33.3 Å². The predicted octanol–water partition coefficient (Wildman–Crippen LogP) is 4.22. The van der Waals surface area contributed by atoms with Crippen molar-refractivity contribution in [3.63, 3.8) is 0 Å². The summed E-state index contributed by atoms with van der Waals surface area (Å²) >= 11 is 11.9. The zero-order valence-corrected chi connectivity index (χ0v) is 17.1. The molecule has 0 aliphatic carbocycles. The Morgan fingerprint density at radius 1 is 1.11 bits per heavy atom. The predicted molar refractivity (Wildman–Crippen MR) is 114 cm³/mol. The second-order valence-electron chi connectivity index (χ2n) is 6.40. The number of nitrogens with zero attached hydrogens (tertiary/aromatic N) is 2. The fraction of sp³-hybridized carbons (Fsp3) is 0.350. The molecule has 7 heteroatoms. The van der Waals surface area contributed by atoms with Crippen molar-refractivity contribution < 1.29 is 9.47 Å². The maximum Gasteiger partial charge on any atom is 0.174 e. The van der Waals surface area contributed by atoms with Crippen LogP contribution in [0.5, 0.6) is 11.5 Å². The van der Waals surface area contributed by atoms with E-state index >= 15 is 0 Å². The Morgan fingerprint density at radius 2 is 1.89 bits per heavy atom. The number of methoxy groups -OCH3 is 2. The van der Waals surface area contributed by atoms with Crippen LogP contribution in [0.25, 0.3) is 0 Å². The number of nitrogens with one attached hydrogen (secondary N) is 1. The van der Waals surface area contributed by atoms with Gasteiger partial charge in [0.05, 0.1) is 20.9 Å². The number of halogens is 1. The van der Waals surface area contributed by atoms with E-state index in [0.717, 1.165) is 49.0 Å². The van der Waals surface area contributed by atoms with Gasteiger partial charge in [0.1, 0.15) is 0 Å². The first kappa shape index (κ1) is 19.7. The first-order valence-electron chi connectivity index (χ1n) is 8.84. The Bertz CT molecular complexity index is 803. The van der Waals surface area contributed by atoms with Crippen LogP contribution in [0.4, 0.5) is 5.69 Å². The minimum absolute atomic E-state index is 0.671. The van der Waals surface area contributed by atoms with E-state index in [1.807, 2.05) is 36.4 Å². The molecule has 144 valence electrons. The van der Waals surface area contributed by atoms with Gasteiger partial charge in [-0.2, -0.15) is 0 Å². The van der Waals surface area contributed by atoms with Gasteiger partial charge in [0.25, 0.3) is 0 Å². The summed E-state index contributed by atoms with van der Waals surface area (Å²) in [5, 5.41) is 4.81. The third-order valence-electron chi connectivity index (χ3n) is 4.55. The van der Waals surface area contributed by atoms with Crippen molar-refractivity contribution in [3.05, 3.63) is 53.1 Å². The molecule has 1 heterocycles. The normalized spacial score (nSPS) is 14.7. The average Bonchev–Trinajstić information content (AvgIpc) is 2.70. The highest BCUT2D eigenvalue weighted by molar-refractivity contribution is 7.80. The van der Waals surface area contributed by atoms with Gasteiger partial charge in [-0.25, -0.2) is 0 Å². The number of ether oxygens (including phenoxy) is 2. The molecule has 0 unspecified atom stereocenters. The largest absolute Gasteiger partial charge is 0.493 e.